The second kappa shape index (κ2) is 5.40. The van der Waals surface area contributed by atoms with Crippen molar-refractivity contribution in [1.29, 1.82) is 0 Å². The maximum Gasteiger partial charge on any atom is 0.0611 e. The molecule has 0 amide bonds. The van der Waals surface area contributed by atoms with Gasteiger partial charge in [0.25, 0.3) is 0 Å². The van der Waals surface area contributed by atoms with E-state index in [9.17, 15) is 0 Å². The van der Waals surface area contributed by atoms with Gasteiger partial charge in [0, 0.05) is 24.0 Å². The molecule has 2 rings (SSSR count). The van der Waals surface area contributed by atoms with E-state index in [-0.39, 0.29) is 0 Å². The minimum atomic E-state index is 0.730. The maximum absolute atomic E-state index is 5.97. The molecule has 0 aliphatic carbocycles. The molecule has 0 spiro atoms. The molecule has 0 N–H and O–H groups in total. The number of rotatable bonds is 3. The molecule has 1 aromatic heterocycles. The molecule has 18 heavy (non-hydrogen) atoms. The van der Waals surface area contributed by atoms with E-state index in [0.29, 0.717) is 0 Å². The fourth-order valence-electron chi connectivity index (χ4n) is 2.04. The van der Waals surface area contributed by atoms with E-state index in [1.807, 2.05) is 6.07 Å². The van der Waals surface area contributed by atoms with Crippen molar-refractivity contribution in [2.45, 2.75) is 20.4 Å². The maximum atomic E-state index is 5.97. The molecule has 0 unspecified atom stereocenters. The van der Waals surface area contributed by atoms with E-state index >= 15 is 0 Å². The summed E-state index contributed by atoms with van der Waals surface area (Å²) in [6.45, 7) is 4.98. The Labute approximate surface area is 113 Å². The summed E-state index contributed by atoms with van der Waals surface area (Å²) in [6, 6.07) is 10.2. The number of halogens is 1. The smallest absolute Gasteiger partial charge is 0.0611 e. The first-order valence-electron chi connectivity index (χ1n) is 5.94. The molecule has 0 aliphatic heterocycles. The average molecular weight is 261 g/mol. The Kier molecular flexibility index (Phi) is 3.87. The van der Waals surface area contributed by atoms with Gasteiger partial charge in [0.15, 0.2) is 0 Å². The van der Waals surface area contributed by atoms with Crippen molar-refractivity contribution in [3.8, 4) is 0 Å². The predicted octanol–water partition coefficient (Wildman–Crippen LogP) is 3.99. The molecule has 2 nitrogen and oxygen atoms in total. The van der Waals surface area contributed by atoms with Crippen LogP contribution in [-0.2, 0) is 6.54 Å². The van der Waals surface area contributed by atoms with Crippen molar-refractivity contribution >= 4 is 17.3 Å². The Morgan fingerprint density at radius 3 is 2.39 bits per heavy atom. The van der Waals surface area contributed by atoms with E-state index in [1.54, 1.807) is 12.3 Å². The number of benzene rings is 1. The van der Waals surface area contributed by atoms with Gasteiger partial charge in [-0.05, 0) is 49.2 Å². The van der Waals surface area contributed by atoms with E-state index in [0.717, 1.165) is 17.3 Å². The Bertz CT molecular complexity index is 532. The Hall–Kier alpha value is -1.54. The van der Waals surface area contributed by atoms with Crippen LogP contribution in [0, 0.1) is 13.8 Å². The van der Waals surface area contributed by atoms with E-state index in [1.165, 1.54) is 16.8 Å². The largest absolute Gasteiger partial charge is 0.369 e. The molecule has 0 saturated heterocycles. The van der Waals surface area contributed by atoms with E-state index < -0.39 is 0 Å². The van der Waals surface area contributed by atoms with Gasteiger partial charge in [-0.2, -0.15) is 0 Å². The van der Waals surface area contributed by atoms with Crippen LogP contribution in [0.3, 0.4) is 0 Å². The number of anilines is 1. The van der Waals surface area contributed by atoms with Crippen molar-refractivity contribution in [2.75, 3.05) is 11.9 Å². The van der Waals surface area contributed by atoms with Gasteiger partial charge < -0.3 is 4.90 Å². The van der Waals surface area contributed by atoms with Crippen LogP contribution in [0.15, 0.2) is 36.5 Å². The van der Waals surface area contributed by atoms with Gasteiger partial charge in [-0.25, -0.2) is 0 Å². The molecule has 3 heteroatoms. The molecular formula is C15H17ClN2. The van der Waals surface area contributed by atoms with Crippen LogP contribution in [0.2, 0.25) is 5.02 Å². The Morgan fingerprint density at radius 2 is 1.78 bits per heavy atom. The highest BCUT2D eigenvalue weighted by molar-refractivity contribution is 6.30. The van der Waals surface area contributed by atoms with Crippen LogP contribution in [0.1, 0.15) is 16.8 Å². The molecule has 2 aromatic rings. The van der Waals surface area contributed by atoms with Crippen LogP contribution in [-0.4, -0.2) is 12.0 Å². The summed E-state index contributed by atoms with van der Waals surface area (Å²) in [5.41, 5.74) is 4.73. The van der Waals surface area contributed by atoms with Crippen LogP contribution in [0.4, 0.5) is 5.69 Å². The molecule has 0 radical (unpaired) electrons. The van der Waals surface area contributed by atoms with Gasteiger partial charge in [-0.1, -0.05) is 17.7 Å². The third kappa shape index (κ3) is 3.23. The highest BCUT2D eigenvalue weighted by atomic mass is 35.5. The van der Waals surface area contributed by atoms with Crippen molar-refractivity contribution < 1.29 is 0 Å². The second-order valence-electron chi connectivity index (χ2n) is 4.67. The molecular weight excluding hydrogens is 244 g/mol. The third-order valence-corrected chi connectivity index (χ3v) is 3.06. The highest BCUT2D eigenvalue weighted by Crippen LogP contribution is 2.19. The number of aryl methyl sites for hydroxylation is 2. The SMILES string of the molecule is Cc1cc(C)cc(N(C)Cc2cc(Cl)ccn2)c1. The first-order valence-corrected chi connectivity index (χ1v) is 6.32. The summed E-state index contributed by atoms with van der Waals surface area (Å²) in [6.07, 6.45) is 1.74. The molecule has 0 saturated carbocycles. The summed E-state index contributed by atoms with van der Waals surface area (Å²) >= 11 is 5.97. The summed E-state index contributed by atoms with van der Waals surface area (Å²) in [5.74, 6) is 0. The lowest BCUT2D eigenvalue weighted by molar-refractivity contribution is 0.883. The zero-order chi connectivity index (χ0) is 13.1. The van der Waals surface area contributed by atoms with Crippen LogP contribution < -0.4 is 4.90 Å². The van der Waals surface area contributed by atoms with Crippen LogP contribution in [0.25, 0.3) is 0 Å². The lowest BCUT2D eigenvalue weighted by Crippen LogP contribution is -2.17. The Morgan fingerprint density at radius 1 is 1.11 bits per heavy atom. The van der Waals surface area contributed by atoms with Gasteiger partial charge in [-0.15, -0.1) is 0 Å². The van der Waals surface area contributed by atoms with E-state index in [4.69, 9.17) is 11.6 Å². The van der Waals surface area contributed by atoms with Crippen LogP contribution >= 0.6 is 11.6 Å². The van der Waals surface area contributed by atoms with Gasteiger partial charge in [0.2, 0.25) is 0 Å². The Balaban J connectivity index is 2.19. The number of nitrogens with zero attached hydrogens (tertiary/aromatic N) is 2. The van der Waals surface area contributed by atoms with E-state index in [2.05, 4.69) is 49.0 Å². The third-order valence-electron chi connectivity index (χ3n) is 2.83. The molecule has 0 fully saturated rings. The summed E-state index contributed by atoms with van der Waals surface area (Å²) < 4.78 is 0. The zero-order valence-corrected chi connectivity index (χ0v) is 11.7. The molecule has 0 aliphatic rings. The number of hydrogen-bond acceptors (Lipinski definition) is 2. The molecule has 1 heterocycles. The van der Waals surface area contributed by atoms with Gasteiger partial charge in [0.05, 0.1) is 12.2 Å². The number of pyridine rings is 1. The van der Waals surface area contributed by atoms with Crippen LogP contribution in [0.5, 0.6) is 0 Å². The zero-order valence-electron chi connectivity index (χ0n) is 10.9. The fourth-order valence-corrected chi connectivity index (χ4v) is 2.22. The summed E-state index contributed by atoms with van der Waals surface area (Å²) in [5, 5.41) is 0.730. The molecule has 0 bridgehead atoms. The van der Waals surface area contributed by atoms with Crippen molar-refractivity contribution in [1.82, 2.24) is 4.98 Å². The molecule has 1 aromatic carbocycles. The lowest BCUT2D eigenvalue weighted by atomic mass is 10.1. The topological polar surface area (TPSA) is 16.1 Å². The first-order chi connectivity index (χ1) is 8.54. The second-order valence-corrected chi connectivity index (χ2v) is 5.10. The quantitative estimate of drug-likeness (QED) is 0.830. The van der Waals surface area contributed by atoms with Crippen molar-refractivity contribution in [2.24, 2.45) is 0 Å². The van der Waals surface area contributed by atoms with Crippen molar-refractivity contribution in [3.63, 3.8) is 0 Å². The average Bonchev–Trinajstić information content (AvgIpc) is 2.27. The first kappa shape index (κ1) is 12.9. The normalized spacial score (nSPS) is 10.4. The minimum absolute atomic E-state index is 0.730. The highest BCUT2D eigenvalue weighted by Gasteiger charge is 2.05. The number of aromatic nitrogens is 1. The monoisotopic (exact) mass is 260 g/mol. The summed E-state index contributed by atoms with van der Waals surface area (Å²) in [4.78, 5) is 6.50. The minimum Gasteiger partial charge on any atom is -0.369 e. The van der Waals surface area contributed by atoms with Gasteiger partial charge in [0.1, 0.15) is 0 Å². The number of hydrogen-bond donors (Lipinski definition) is 0. The van der Waals surface area contributed by atoms with Gasteiger partial charge in [-0.3, -0.25) is 4.98 Å². The fraction of sp³-hybridized carbons (Fsp3) is 0.267. The van der Waals surface area contributed by atoms with Crippen molar-refractivity contribution in [3.05, 3.63) is 58.4 Å². The molecule has 94 valence electrons. The van der Waals surface area contributed by atoms with Gasteiger partial charge >= 0.3 is 0 Å². The lowest BCUT2D eigenvalue weighted by Gasteiger charge is -2.20. The predicted molar refractivity (Wildman–Crippen MR) is 77.3 cm³/mol. The molecule has 0 atom stereocenters. The standard InChI is InChI=1S/C15H17ClN2/c1-11-6-12(2)8-15(7-11)18(3)10-14-9-13(16)4-5-17-14/h4-9H,10H2,1-3H3. The summed E-state index contributed by atoms with van der Waals surface area (Å²) in [7, 11) is 2.07.